The summed E-state index contributed by atoms with van der Waals surface area (Å²) in [7, 11) is 0. The lowest BCUT2D eigenvalue weighted by molar-refractivity contribution is -0.136. The number of carboxylic acids is 1. The van der Waals surface area contributed by atoms with Crippen LogP contribution >= 0.6 is 11.6 Å². The Kier molecular flexibility index (Phi) is 3.47. The highest BCUT2D eigenvalue weighted by Crippen LogP contribution is 2.21. The molecule has 0 aliphatic rings. The van der Waals surface area contributed by atoms with Crippen LogP contribution in [0.2, 0.25) is 5.02 Å². The van der Waals surface area contributed by atoms with E-state index in [-0.39, 0.29) is 17.9 Å². The molecule has 0 heterocycles. The minimum atomic E-state index is -0.943. The summed E-state index contributed by atoms with van der Waals surface area (Å²) in [6, 6.07) is 3.13. The summed E-state index contributed by atoms with van der Waals surface area (Å²) >= 11 is 5.61. The molecule has 1 aromatic rings. The van der Waals surface area contributed by atoms with Crippen molar-refractivity contribution in [2.45, 2.75) is 19.8 Å². The average molecular weight is 217 g/mol. The van der Waals surface area contributed by atoms with E-state index < -0.39 is 11.8 Å². The number of halogens is 2. The maximum atomic E-state index is 13.3. The summed E-state index contributed by atoms with van der Waals surface area (Å²) in [6.45, 7) is 1.79. The summed E-state index contributed by atoms with van der Waals surface area (Å²) in [6.07, 6.45) is 0.0826. The molecule has 0 atom stereocenters. The Balaban J connectivity index is 2.90. The molecule has 0 radical (unpaired) electrons. The van der Waals surface area contributed by atoms with E-state index in [1.807, 2.05) is 0 Å². The summed E-state index contributed by atoms with van der Waals surface area (Å²) in [5.41, 5.74) is 1.19. The molecule has 0 aliphatic heterocycles. The van der Waals surface area contributed by atoms with Gasteiger partial charge in [-0.25, -0.2) is 4.39 Å². The van der Waals surface area contributed by atoms with Crippen molar-refractivity contribution in [3.05, 3.63) is 34.1 Å². The SMILES string of the molecule is Cc1cc(Cl)c(F)c(CCC(=O)O)c1. The van der Waals surface area contributed by atoms with Crippen molar-refractivity contribution >= 4 is 17.6 Å². The molecule has 2 nitrogen and oxygen atoms in total. The maximum Gasteiger partial charge on any atom is 0.303 e. The van der Waals surface area contributed by atoms with Crippen molar-refractivity contribution in [1.29, 1.82) is 0 Å². The van der Waals surface area contributed by atoms with Crippen LogP contribution in [0.3, 0.4) is 0 Å². The van der Waals surface area contributed by atoms with Crippen molar-refractivity contribution in [3.8, 4) is 0 Å². The highest BCUT2D eigenvalue weighted by molar-refractivity contribution is 6.30. The van der Waals surface area contributed by atoms with Crippen LogP contribution in [0.5, 0.6) is 0 Å². The maximum absolute atomic E-state index is 13.3. The molecule has 14 heavy (non-hydrogen) atoms. The first-order valence-corrected chi connectivity index (χ1v) is 4.55. The fourth-order valence-corrected chi connectivity index (χ4v) is 1.51. The number of carbonyl (C=O) groups is 1. The summed E-state index contributed by atoms with van der Waals surface area (Å²) in [5.74, 6) is -1.46. The van der Waals surface area contributed by atoms with E-state index >= 15 is 0 Å². The molecule has 0 aliphatic carbocycles. The van der Waals surface area contributed by atoms with Crippen LogP contribution in [0.25, 0.3) is 0 Å². The van der Waals surface area contributed by atoms with Crippen LogP contribution in [0.4, 0.5) is 4.39 Å². The largest absolute Gasteiger partial charge is 0.481 e. The van der Waals surface area contributed by atoms with Gasteiger partial charge in [0.2, 0.25) is 0 Å². The fraction of sp³-hybridized carbons (Fsp3) is 0.300. The zero-order valence-electron chi connectivity index (χ0n) is 7.68. The third-order valence-corrected chi connectivity index (χ3v) is 2.13. The van der Waals surface area contributed by atoms with E-state index in [2.05, 4.69) is 0 Å². The van der Waals surface area contributed by atoms with Crippen LogP contribution in [0.1, 0.15) is 17.5 Å². The van der Waals surface area contributed by atoms with E-state index in [4.69, 9.17) is 16.7 Å². The van der Waals surface area contributed by atoms with Crippen molar-refractivity contribution in [3.63, 3.8) is 0 Å². The molecule has 1 N–H and O–H groups in total. The molecule has 0 amide bonds. The predicted molar refractivity (Wildman–Crippen MR) is 52.1 cm³/mol. The van der Waals surface area contributed by atoms with E-state index in [1.54, 1.807) is 13.0 Å². The molecular formula is C10H10ClFO2. The first-order valence-electron chi connectivity index (χ1n) is 4.17. The predicted octanol–water partition coefficient (Wildman–Crippen LogP) is 2.80. The van der Waals surface area contributed by atoms with Crippen LogP contribution in [0, 0.1) is 12.7 Å². The van der Waals surface area contributed by atoms with Gasteiger partial charge in [0.1, 0.15) is 5.82 Å². The van der Waals surface area contributed by atoms with Gasteiger partial charge in [0.05, 0.1) is 5.02 Å². The van der Waals surface area contributed by atoms with Gasteiger partial charge in [0.25, 0.3) is 0 Å². The molecule has 0 unspecified atom stereocenters. The molecule has 0 bridgehead atoms. The van der Waals surface area contributed by atoms with Crippen molar-refractivity contribution < 1.29 is 14.3 Å². The number of rotatable bonds is 3. The Morgan fingerprint density at radius 2 is 2.21 bits per heavy atom. The minimum Gasteiger partial charge on any atom is -0.481 e. The molecule has 0 saturated carbocycles. The molecule has 0 saturated heterocycles. The van der Waals surface area contributed by atoms with E-state index in [0.717, 1.165) is 5.56 Å². The standard InChI is InChI=1S/C10H10ClFO2/c1-6-4-7(2-3-9(13)14)10(12)8(11)5-6/h4-5H,2-3H2,1H3,(H,13,14). The number of hydrogen-bond acceptors (Lipinski definition) is 1. The number of carboxylic acid groups (broad SMARTS) is 1. The van der Waals surface area contributed by atoms with E-state index in [9.17, 15) is 9.18 Å². The van der Waals surface area contributed by atoms with Gasteiger partial charge in [-0.2, -0.15) is 0 Å². The Morgan fingerprint density at radius 3 is 2.79 bits per heavy atom. The second-order valence-corrected chi connectivity index (χ2v) is 3.52. The van der Waals surface area contributed by atoms with Crippen LogP contribution in [0.15, 0.2) is 12.1 Å². The zero-order valence-corrected chi connectivity index (χ0v) is 8.44. The minimum absolute atomic E-state index is 0.0467. The van der Waals surface area contributed by atoms with Gasteiger partial charge in [-0.3, -0.25) is 4.79 Å². The van der Waals surface area contributed by atoms with Crippen molar-refractivity contribution in [2.75, 3.05) is 0 Å². The monoisotopic (exact) mass is 216 g/mol. The normalized spacial score (nSPS) is 10.2. The first kappa shape index (κ1) is 11.0. The van der Waals surface area contributed by atoms with E-state index in [0.29, 0.717) is 5.56 Å². The topological polar surface area (TPSA) is 37.3 Å². The Morgan fingerprint density at radius 1 is 1.57 bits per heavy atom. The van der Waals surface area contributed by atoms with Gasteiger partial charge in [-0.1, -0.05) is 17.7 Å². The lowest BCUT2D eigenvalue weighted by Gasteiger charge is -2.04. The van der Waals surface area contributed by atoms with Crippen LogP contribution in [-0.4, -0.2) is 11.1 Å². The van der Waals surface area contributed by atoms with Gasteiger partial charge in [0.15, 0.2) is 0 Å². The Labute approximate surface area is 86.3 Å². The number of benzene rings is 1. The third kappa shape index (κ3) is 2.70. The van der Waals surface area contributed by atoms with Crippen molar-refractivity contribution in [1.82, 2.24) is 0 Å². The molecule has 0 aromatic heterocycles. The molecule has 76 valence electrons. The fourth-order valence-electron chi connectivity index (χ4n) is 1.22. The lowest BCUT2D eigenvalue weighted by Crippen LogP contribution is -2.00. The third-order valence-electron chi connectivity index (χ3n) is 1.86. The molecular weight excluding hydrogens is 207 g/mol. The highest BCUT2D eigenvalue weighted by Gasteiger charge is 2.09. The second-order valence-electron chi connectivity index (χ2n) is 3.11. The molecule has 0 fully saturated rings. The zero-order chi connectivity index (χ0) is 10.7. The number of hydrogen-bond donors (Lipinski definition) is 1. The second kappa shape index (κ2) is 4.42. The van der Waals surface area contributed by atoms with Gasteiger partial charge in [-0.15, -0.1) is 0 Å². The van der Waals surface area contributed by atoms with Crippen LogP contribution < -0.4 is 0 Å². The summed E-state index contributed by atoms with van der Waals surface area (Å²) in [5, 5.41) is 8.50. The first-order chi connectivity index (χ1) is 6.50. The smallest absolute Gasteiger partial charge is 0.303 e. The lowest BCUT2D eigenvalue weighted by atomic mass is 10.1. The average Bonchev–Trinajstić information content (AvgIpc) is 2.08. The quantitative estimate of drug-likeness (QED) is 0.844. The van der Waals surface area contributed by atoms with Gasteiger partial charge < -0.3 is 5.11 Å². The van der Waals surface area contributed by atoms with Gasteiger partial charge >= 0.3 is 5.97 Å². The summed E-state index contributed by atoms with van der Waals surface area (Å²) in [4.78, 5) is 10.3. The summed E-state index contributed by atoms with van der Waals surface area (Å²) < 4.78 is 13.3. The highest BCUT2D eigenvalue weighted by atomic mass is 35.5. The number of aryl methyl sites for hydroxylation is 2. The van der Waals surface area contributed by atoms with Crippen molar-refractivity contribution in [2.24, 2.45) is 0 Å². The van der Waals surface area contributed by atoms with Gasteiger partial charge in [-0.05, 0) is 30.5 Å². The molecule has 1 rings (SSSR count). The Bertz CT molecular complexity index is 363. The van der Waals surface area contributed by atoms with E-state index in [1.165, 1.54) is 6.07 Å². The number of aliphatic carboxylic acids is 1. The molecule has 4 heteroatoms. The van der Waals surface area contributed by atoms with Gasteiger partial charge in [0, 0.05) is 6.42 Å². The molecule has 1 aromatic carbocycles. The molecule has 0 spiro atoms. The Hall–Kier alpha value is -1.09. The van der Waals surface area contributed by atoms with Crippen LogP contribution in [-0.2, 0) is 11.2 Å².